The van der Waals surface area contributed by atoms with Crippen LogP contribution in [0.15, 0.2) is 42.5 Å². The summed E-state index contributed by atoms with van der Waals surface area (Å²) in [4.78, 5) is 26.6. The molecule has 5 heteroatoms. The number of hydrogen-bond donors (Lipinski definition) is 1. The van der Waals surface area contributed by atoms with Crippen LogP contribution >= 0.6 is 0 Å². The summed E-state index contributed by atoms with van der Waals surface area (Å²) >= 11 is 0. The molecule has 0 saturated carbocycles. The Morgan fingerprint density at radius 2 is 1.89 bits per heavy atom. The first-order chi connectivity index (χ1) is 13.0. The fraction of sp³-hybridized carbons (Fsp3) is 0.364. The zero-order chi connectivity index (χ0) is 19.4. The number of hydrogen-bond acceptors (Lipinski definition) is 3. The highest BCUT2D eigenvalue weighted by Gasteiger charge is 2.25. The predicted octanol–water partition coefficient (Wildman–Crippen LogP) is 3.56. The maximum absolute atomic E-state index is 12.9. The highest BCUT2D eigenvalue weighted by Crippen LogP contribution is 2.30. The van der Waals surface area contributed by atoms with Crippen LogP contribution in [0.3, 0.4) is 0 Å². The van der Waals surface area contributed by atoms with E-state index < -0.39 is 0 Å². The third-order valence-electron chi connectivity index (χ3n) is 4.71. The number of methoxy groups -OCH3 is 1. The van der Waals surface area contributed by atoms with Gasteiger partial charge in [0.2, 0.25) is 5.91 Å². The molecule has 1 N–H and O–H groups in total. The number of carbonyl (C=O) groups excluding carboxylic acids is 2. The lowest BCUT2D eigenvalue weighted by molar-refractivity contribution is -0.121. The van der Waals surface area contributed by atoms with Gasteiger partial charge in [-0.25, -0.2) is 0 Å². The maximum atomic E-state index is 12.9. The molecule has 0 saturated heterocycles. The summed E-state index contributed by atoms with van der Waals surface area (Å²) in [6.45, 7) is 5.20. The molecule has 142 valence electrons. The van der Waals surface area contributed by atoms with Gasteiger partial charge in [0.25, 0.3) is 5.91 Å². The molecule has 0 aromatic heterocycles. The van der Waals surface area contributed by atoms with Crippen LogP contribution in [0.25, 0.3) is 0 Å². The number of amides is 2. The minimum atomic E-state index is -0.0163. The standard InChI is InChI=1S/C22H26N2O3/c1-15(2)12-21(25)23-14-16-4-5-17-10-11-24(20(17)13-16)22(26)18-6-8-19(27-3)9-7-18/h4-9,13,15H,10-12,14H2,1-3H3,(H,23,25). The van der Waals surface area contributed by atoms with E-state index >= 15 is 0 Å². The average Bonchev–Trinajstić information content (AvgIpc) is 3.08. The first kappa shape index (κ1) is 19.0. The SMILES string of the molecule is COc1ccc(C(=O)N2CCc3ccc(CNC(=O)CC(C)C)cc32)cc1. The molecule has 0 atom stereocenters. The van der Waals surface area contributed by atoms with Gasteiger partial charge in [0.05, 0.1) is 7.11 Å². The molecule has 2 amide bonds. The van der Waals surface area contributed by atoms with Gasteiger partial charge in [0.1, 0.15) is 5.75 Å². The van der Waals surface area contributed by atoms with Gasteiger partial charge in [-0.2, -0.15) is 0 Å². The summed E-state index contributed by atoms with van der Waals surface area (Å²) in [6.07, 6.45) is 1.37. The van der Waals surface area contributed by atoms with Gasteiger partial charge in [0.15, 0.2) is 0 Å². The molecular weight excluding hydrogens is 340 g/mol. The van der Waals surface area contributed by atoms with Crippen molar-refractivity contribution in [3.05, 3.63) is 59.2 Å². The fourth-order valence-electron chi connectivity index (χ4n) is 3.28. The second-order valence-corrected chi connectivity index (χ2v) is 7.27. The smallest absolute Gasteiger partial charge is 0.258 e. The van der Waals surface area contributed by atoms with Crippen molar-refractivity contribution >= 4 is 17.5 Å². The van der Waals surface area contributed by atoms with E-state index in [0.717, 1.165) is 29.0 Å². The molecule has 0 bridgehead atoms. The molecule has 1 heterocycles. The van der Waals surface area contributed by atoms with Gasteiger partial charge in [0, 0.05) is 30.8 Å². The molecule has 3 rings (SSSR count). The largest absolute Gasteiger partial charge is 0.497 e. The second kappa shape index (κ2) is 8.25. The highest BCUT2D eigenvalue weighted by atomic mass is 16.5. The van der Waals surface area contributed by atoms with Crippen LogP contribution in [0.4, 0.5) is 5.69 Å². The number of rotatable bonds is 6. The van der Waals surface area contributed by atoms with Gasteiger partial charge in [-0.15, -0.1) is 0 Å². The topological polar surface area (TPSA) is 58.6 Å². The predicted molar refractivity (Wildman–Crippen MR) is 106 cm³/mol. The monoisotopic (exact) mass is 366 g/mol. The lowest BCUT2D eigenvalue weighted by Crippen LogP contribution is -2.29. The van der Waals surface area contributed by atoms with Gasteiger partial charge >= 0.3 is 0 Å². The lowest BCUT2D eigenvalue weighted by atomic mass is 10.1. The van der Waals surface area contributed by atoms with Gasteiger partial charge in [-0.3, -0.25) is 9.59 Å². The van der Waals surface area contributed by atoms with E-state index in [1.54, 1.807) is 31.4 Å². The maximum Gasteiger partial charge on any atom is 0.258 e. The normalized spacial score (nSPS) is 12.8. The molecule has 1 aliphatic rings. The molecule has 27 heavy (non-hydrogen) atoms. The van der Waals surface area contributed by atoms with Crippen molar-refractivity contribution in [1.29, 1.82) is 0 Å². The summed E-state index contributed by atoms with van der Waals surface area (Å²) in [5.74, 6) is 1.10. The zero-order valence-corrected chi connectivity index (χ0v) is 16.1. The number of fused-ring (bicyclic) bond motifs is 1. The van der Waals surface area contributed by atoms with E-state index in [1.165, 1.54) is 0 Å². The molecule has 0 unspecified atom stereocenters. The molecule has 0 fully saturated rings. The Labute approximate surface area is 160 Å². The summed E-state index contributed by atoms with van der Waals surface area (Å²) in [6, 6.07) is 13.3. The molecule has 2 aromatic carbocycles. The van der Waals surface area contributed by atoms with Gasteiger partial charge < -0.3 is 15.0 Å². The number of carbonyl (C=O) groups is 2. The van der Waals surface area contributed by atoms with Crippen LogP contribution in [0.5, 0.6) is 5.75 Å². The van der Waals surface area contributed by atoms with E-state index in [9.17, 15) is 9.59 Å². The van der Waals surface area contributed by atoms with Crippen molar-refractivity contribution in [2.45, 2.75) is 33.2 Å². The van der Waals surface area contributed by atoms with Crippen LogP contribution in [-0.4, -0.2) is 25.5 Å². The zero-order valence-electron chi connectivity index (χ0n) is 16.1. The number of nitrogens with one attached hydrogen (secondary N) is 1. The Balaban J connectivity index is 1.73. The molecule has 5 nitrogen and oxygen atoms in total. The van der Waals surface area contributed by atoms with E-state index in [0.29, 0.717) is 31.0 Å². The minimum Gasteiger partial charge on any atom is -0.497 e. The van der Waals surface area contributed by atoms with Crippen LogP contribution < -0.4 is 15.0 Å². The summed E-state index contributed by atoms with van der Waals surface area (Å²) < 4.78 is 5.16. The molecule has 0 aliphatic carbocycles. The molecule has 0 spiro atoms. The Bertz CT molecular complexity index is 828. The van der Waals surface area contributed by atoms with Crippen molar-refractivity contribution in [1.82, 2.24) is 5.32 Å². The Hall–Kier alpha value is -2.82. The van der Waals surface area contributed by atoms with Crippen molar-refractivity contribution in [2.75, 3.05) is 18.6 Å². The van der Waals surface area contributed by atoms with Crippen molar-refractivity contribution in [3.8, 4) is 5.75 Å². The summed E-state index contributed by atoms with van der Waals surface area (Å²) in [5.41, 5.74) is 3.74. The van der Waals surface area contributed by atoms with E-state index in [1.807, 2.05) is 30.9 Å². The summed E-state index contributed by atoms with van der Waals surface area (Å²) in [7, 11) is 1.61. The number of ether oxygens (including phenoxy) is 1. The first-order valence-electron chi connectivity index (χ1n) is 9.32. The van der Waals surface area contributed by atoms with E-state index in [-0.39, 0.29) is 11.8 Å². The second-order valence-electron chi connectivity index (χ2n) is 7.27. The van der Waals surface area contributed by atoms with Crippen molar-refractivity contribution in [2.24, 2.45) is 5.92 Å². The van der Waals surface area contributed by atoms with E-state index in [2.05, 4.69) is 11.4 Å². The fourth-order valence-corrected chi connectivity index (χ4v) is 3.28. The van der Waals surface area contributed by atoms with Crippen LogP contribution in [0.1, 0.15) is 41.8 Å². The molecule has 2 aromatic rings. The van der Waals surface area contributed by atoms with Crippen LogP contribution in [-0.2, 0) is 17.8 Å². The third kappa shape index (κ3) is 4.48. The van der Waals surface area contributed by atoms with Crippen molar-refractivity contribution < 1.29 is 14.3 Å². The van der Waals surface area contributed by atoms with Gasteiger partial charge in [-0.05, 0) is 53.8 Å². The lowest BCUT2D eigenvalue weighted by Gasteiger charge is -2.18. The average molecular weight is 366 g/mol. The van der Waals surface area contributed by atoms with E-state index in [4.69, 9.17) is 4.74 Å². The molecule has 0 radical (unpaired) electrons. The molecule has 1 aliphatic heterocycles. The minimum absolute atomic E-state index is 0.0163. The number of nitrogens with zero attached hydrogens (tertiary/aromatic N) is 1. The van der Waals surface area contributed by atoms with Crippen molar-refractivity contribution in [3.63, 3.8) is 0 Å². The first-order valence-corrected chi connectivity index (χ1v) is 9.32. The molecular formula is C22H26N2O3. The number of benzene rings is 2. The van der Waals surface area contributed by atoms with Crippen LogP contribution in [0.2, 0.25) is 0 Å². The highest BCUT2D eigenvalue weighted by molar-refractivity contribution is 6.07. The Morgan fingerprint density at radius 3 is 2.56 bits per heavy atom. The summed E-state index contributed by atoms with van der Waals surface area (Å²) in [5, 5.41) is 2.95. The quantitative estimate of drug-likeness (QED) is 0.850. The Kier molecular flexibility index (Phi) is 5.79. The third-order valence-corrected chi connectivity index (χ3v) is 4.71. The van der Waals surface area contributed by atoms with Gasteiger partial charge in [-0.1, -0.05) is 26.0 Å². The number of anilines is 1. The van der Waals surface area contributed by atoms with Crippen LogP contribution in [0, 0.1) is 5.92 Å². The Morgan fingerprint density at radius 1 is 1.15 bits per heavy atom.